The van der Waals surface area contributed by atoms with Crippen molar-refractivity contribution in [2.24, 2.45) is 23.4 Å². The third-order valence-electron chi connectivity index (χ3n) is 14.7. The van der Waals surface area contributed by atoms with Crippen LogP contribution in [0.1, 0.15) is 93.1 Å². The van der Waals surface area contributed by atoms with Crippen molar-refractivity contribution in [3.8, 4) is 0 Å². The lowest BCUT2D eigenvalue weighted by molar-refractivity contribution is -0.142. The number of ether oxygens (including phenoxy) is 1. The van der Waals surface area contributed by atoms with Crippen molar-refractivity contribution in [3.05, 3.63) is 65.0 Å². The van der Waals surface area contributed by atoms with Crippen LogP contribution < -0.4 is 16.0 Å². The Balaban J connectivity index is 0.701. The van der Waals surface area contributed by atoms with E-state index >= 15 is 0 Å². The molecule has 17 nitrogen and oxygen atoms in total. The number of fused-ring (bicyclic) bond motifs is 3. The Labute approximate surface area is 368 Å². The number of aromatic nitrogens is 4. The predicted molar refractivity (Wildman–Crippen MR) is 231 cm³/mol. The van der Waals surface area contributed by atoms with E-state index in [-0.39, 0.29) is 64.3 Å². The smallest absolute Gasteiger partial charge is 0.284 e. The van der Waals surface area contributed by atoms with Gasteiger partial charge >= 0.3 is 0 Å². The number of nitrogens with one attached hydrogen (secondary N) is 4. The molecule has 6 aliphatic heterocycles. The molecule has 2 bridgehead atoms. The first-order valence-corrected chi connectivity index (χ1v) is 22.6. The standard InChI is InChI=1S/C45H54F2N12O5/c1-55-39-26(3-2-4-31(39)37(53-55)32-9-10-36(60)52-42(32)61)12-16-56-24-45(25-56)13-17-57(18-14-45)44(63)27-5-7-28(8-6-27)59-22-34(38(54-59)40(46)47)50-43(62)33(20-48)41-49-15-11-35(51-41)58-21-30-19-29(58)23-64-30/h2-4,11,15,20,22,27-30,32,40,48-49H,5-10,12-14,16-19,21,23-25H2,1H3,(H,50,62)(H,52,60,61)/b41-33-,48-20?/t27?,28?,29-,30-,32?/m1/s1. The predicted octanol–water partition coefficient (Wildman–Crippen LogP) is 3.91. The molecule has 1 spiro atoms. The van der Waals surface area contributed by atoms with Crippen molar-refractivity contribution in [3.63, 3.8) is 0 Å². The van der Waals surface area contributed by atoms with E-state index in [1.54, 1.807) is 12.3 Å². The first kappa shape index (κ1) is 42.1. The monoisotopic (exact) mass is 880 g/mol. The van der Waals surface area contributed by atoms with Gasteiger partial charge in [0.05, 0.1) is 53.2 Å². The van der Waals surface area contributed by atoms with Crippen molar-refractivity contribution in [1.29, 1.82) is 5.41 Å². The number of amides is 4. The molecule has 8 heterocycles. The second-order valence-corrected chi connectivity index (χ2v) is 18.6. The maximum Gasteiger partial charge on any atom is 0.284 e. The number of hydrogen-bond donors (Lipinski definition) is 4. The molecule has 2 aromatic heterocycles. The average molecular weight is 881 g/mol. The average Bonchev–Trinajstić information content (AvgIpc) is 4.10. The van der Waals surface area contributed by atoms with Gasteiger partial charge in [-0.2, -0.15) is 10.2 Å². The third-order valence-corrected chi connectivity index (χ3v) is 14.7. The molecule has 1 unspecified atom stereocenters. The zero-order valence-electron chi connectivity index (χ0n) is 35.9. The molecule has 1 aliphatic carbocycles. The quantitative estimate of drug-likeness (QED) is 0.132. The molecular formula is C45H54F2N12O5. The summed E-state index contributed by atoms with van der Waals surface area (Å²) in [5, 5.41) is 25.9. The molecule has 4 amide bonds. The molecule has 338 valence electrons. The van der Waals surface area contributed by atoms with Gasteiger partial charge in [-0.3, -0.25) is 33.9 Å². The second-order valence-electron chi connectivity index (χ2n) is 18.6. The van der Waals surface area contributed by atoms with Crippen LogP contribution in [-0.2, 0) is 37.4 Å². The van der Waals surface area contributed by atoms with Crippen LogP contribution in [0.25, 0.3) is 10.9 Å². The van der Waals surface area contributed by atoms with Crippen molar-refractivity contribution in [2.45, 2.75) is 94.7 Å². The maximum atomic E-state index is 14.3. The number of halogens is 2. The van der Waals surface area contributed by atoms with E-state index in [4.69, 9.17) is 15.2 Å². The number of anilines is 1. The van der Waals surface area contributed by atoms with Gasteiger partial charge < -0.3 is 35.5 Å². The summed E-state index contributed by atoms with van der Waals surface area (Å²) in [5.74, 6) is -0.874. The number of hydrogen-bond acceptors (Lipinski definition) is 12. The summed E-state index contributed by atoms with van der Waals surface area (Å²) in [5.41, 5.74) is 2.37. The van der Waals surface area contributed by atoms with E-state index < -0.39 is 23.9 Å². The summed E-state index contributed by atoms with van der Waals surface area (Å²) in [4.78, 5) is 62.8. The fourth-order valence-corrected chi connectivity index (χ4v) is 11.2. The van der Waals surface area contributed by atoms with E-state index in [2.05, 4.69) is 41.9 Å². The van der Waals surface area contributed by atoms with Gasteiger partial charge in [-0.15, -0.1) is 0 Å². The summed E-state index contributed by atoms with van der Waals surface area (Å²) in [6.07, 6.45) is 9.83. The van der Waals surface area contributed by atoms with Crippen LogP contribution >= 0.6 is 0 Å². The molecule has 19 heteroatoms. The minimum absolute atomic E-state index is 0.104. The summed E-state index contributed by atoms with van der Waals surface area (Å²) in [6, 6.07) is 6.15. The molecule has 7 aliphatic rings. The SMILES string of the molecule is Cn1nc(C2CCC(=O)NC2=O)c2cccc(CCN3CC4(CCN(C(=O)C5CCC(n6cc(NC(=O)/C(C=N)=C7\N=C(N8C[C@H]9C[C@@H]8CO9)C=CN7)c(C(F)F)n6)CC5)CC4)C3)c21. The summed E-state index contributed by atoms with van der Waals surface area (Å²) >= 11 is 0. The number of carbonyl (C=O) groups is 4. The maximum absolute atomic E-state index is 14.3. The molecular weight excluding hydrogens is 827 g/mol. The number of nitrogens with zero attached hydrogens (tertiary/aromatic N) is 8. The summed E-state index contributed by atoms with van der Waals surface area (Å²) in [7, 11) is 1.91. The van der Waals surface area contributed by atoms with Crippen LogP contribution in [0.2, 0.25) is 0 Å². The summed E-state index contributed by atoms with van der Waals surface area (Å²) in [6.45, 7) is 5.64. The van der Waals surface area contributed by atoms with Gasteiger partial charge in [0.15, 0.2) is 5.69 Å². The Morgan fingerprint density at radius 1 is 1.08 bits per heavy atom. The number of imide groups is 1. The highest BCUT2D eigenvalue weighted by Gasteiger charge is 2.46. The van der Waals surface area contributed by atoms with Gasteiger partial charge in [-0.25, -0.2) is 13.8 Å². The molecule has 1 aromatic carbocycles. The van der Waals surface area contributed by atoms with E-state index in [9.17, 15) is 28.0 Å². The van der Waals surface area contributed by atoms with Crippen LogP contribution in [0.3, 0.4) is 0 Å². The van der Waals surface area contributed by atoms with Crippen molar-refractivity contribution < 1.29 is 32.7 Å². The number of morpholine rings is 1. The van der Waals surface area contributed by atoms with Crippen molar-refractivity contribution in [2.75, 3.05) is 51.2 Å². The Kier molecular flexibility index (Phi) is 11.2. The number of aryl methyl sites for hydroxylation is 1. The van der Waals surface area contributed by atoms with Crippen LogP contribution in [-0.4, -0.2) is 128 Å². The van der Waals surface area contributed by atoms with Crippen molar-refractivity contribution in [1.82, 2.24) is 44.9 Å². The van der Waals surface area contributed by atoms with Crippen LogP contribution in [0.15, 0.2) is 53.1 Å². The number of benzene rings is 1. The molecule has 4 N–H and O–H groups in total. The lowest BCUT2D eigenvalue weighted by atomic mass is 9.71. The highest BCUT2D eigenvalue weighted by atomic mass is 19.3. The Hall–Kier alpha value is -5.82. The highest BCUT2D eigenvalue weighted by Crippen LogP contribution is 2.42. The van der Waals surface area contributed by atoms with Crippen LogP contribution in [0.4, 0.5) is 14.5 Å². The molecule has 10 rings (SSSR count). The molecule has 3 aromatic rings. The highest BCUT2D eigenvalue weighted by molar-refractivity contribution is 6.18. The van der Waals surface area contributed by atoms with Gasteiger partial charge in [-0.05, 0) is 74.8 Å². The van der Waals surface area contributed by atoms with Gasteiger partial charge in [0, 0.05) is 82.7 Å². The number of amidine groups is 1. The first-order chi connectivity index (χ1) is 31.0. The topological polar surface area (TPSA) is 195 Å². The largest absolute Gasteiger partial charge is 0.374 e. The Bertz CT molecular complexity index is 2470. The fraction of sp³-hybridized carbons (Fsp3) is 0.556. The van der Waals surface area contributed by atoms with Crippen LogP contribution in [0, 0.1) is 16.7 Å². The molecule has 1 saturated carbocycles. The third kappa shape index (κ3) is 7.90. The summed E-state index contributed by atoms with van der Waals surface area (Å²) < 4.78 is 37.7. The van der Waals surface area contributed by atoms with Crippen LogP contribution in [0.5, 0.6) is 0 Å². The molecule has 0 radical (unpaired) electrons. The van der Waals surface area contributed by atoms with Crippen molar-refractivity contribution >= 4 is 52.3 Å². The molecule has 64 heavy (non-hydrogen) atoms. The van der Waals surface area contributed by atoms with E-state index in [0.717, 1.165) is 81.2 Å². The minimum atomic E-state index is -2.94. The molecule has 6 fully saturated rings. The zero-order valence-corrected chi connectivity index (χ0v) is 35.9. The second kappa shape index (κ2) is 17.0. The van der Waals surface area contributed by atoms with Gasteiger partial charge in [0.25, 0.3) is 12.3 Å². The lowest BCUT2D eigenvalue weighted by Crippen LogP contribution is -2.61. The zero-order chi connectivity index (χ0) is 44.3. The van der Waals surface area contributed by atoms with Gasteiger partial charge in [0.2, 0.25) is 17.7 Å². The number of rotatable bonds is 10. The Morgan fingerprint density at radius 3 is 2.58 bits per heavy atom. The lowest BCUT2D eigenvalue weighted by Gasteiger charge is -2.54. The van der Waals surface area contributed by atoms with E-state index in [1.807, 2.05) is 28.8 Å². The van der Waals surface area contributed by atoms with Gasteiger partial charge in [0.1, 0.15) is 11.7 Å². The normalized spacial score (nSPS) is 27.4. The number of para-hydroxylation sites is 1. The number of aliphatic imine (C=N–C) groups is 1. The number of alkyl halides is 2. The molecule has 3 atom stereocenters. The molecule has 5 saturated heterocycles. The Morgan fingerprint density at radius 2 is 1.88 bits per heavy atom. The fourth-order valence-electron chi connectivity index (χ4n) is 11.2. The number of piperidine rings is 2. The van der Waals surface area contributed by atoms with E-state index in [0.29, 0.717) is 57.5 Å². The van der Waals surface area contributed by atoms with Gasteiger partial charge in [-0.1, -0.05) is 18.2 Å². The number of likely N-dealkylation sites (tertiary alicyclic amines) is 3. The first-order valence-electron chi connectivity index (χ1n) is 22.6. The minimum Gasteiger partial charge on any atom is -0.374 e. The van der Waals surface area contributed by atoms with E-state index in [1.165, 1.54) is 16.4 Å². The number of carbonyl (C=O) groups excluding carboxylic acids is 4.